The van der Waals surface area contributed by atoms with Gasteiger partial charge in [0.05, 0.1) is 12.4 Å². The molecule has 0 rings (SSSR count). The van der Waals surface area contributed by atoms with Crippen LogP contribution in [0.25, 0.3) is 0 Å². The summed E-state index contributed by atoms with van der Waals surface area (Å²) in [5, 5.41) is 20.2. The molecule has 0 aromatic rings. The van der Waals surface area contributed by atoms with Crippen LogP contribution in [0.4, 0.5) is 0 Å². The Balaban J connectivity index is 3.52. The van der Waals surface area contributed by atoms with Gasteiger partial charge in [-0.3, -0.25) is 4.55 Å². The first-order chi connectivity index (χ1) is 6.49. The summed E-state index contributed by atoms with van der Waals surface area (Å²) in [5.41, 5.74) is 0. The summed E-state index contributed by atoms with van der Waals surface area (Å²) in [6.45, 7) is 0.244. The Kier molecular flexibility index (Phi) is 7.02. The van der Waals surface area contributed by atoms with Crippen molar-refractivity contribution in [2.45, 2.75) is 18.9 Å². The Hall–Kier alpha value is -0.210. The molecule has 14 heavy (non-hydrogen) atoms. The van der Waals surface area contributed by atoms with Crippen LogP contribution in [0, 0.1) is 0 Å². The van der Waals surface area contributed by atoms with E-state index in [0.717, 1.165) is 0 Å². The summed E-state index contributed by atoms with van der Waals surface area (Å²) in [5.74, 6) is -0.294. The predicted octanol–water partition coefficient (Wildman–Crippen LogP) is -1.40. The van der Waals surface area contributed by atoms with Crippen molar-refractivity contribution in [3.63, 3.8) is 0 Å². The van der Waals surface area contributed by atoms with E-state index in [2.05, 4.69) is 5.32 Å². The molecule has 1 atom stereocenters. The van der Waals surface area contributed by atoms with Gasteiger partial charge in [0.2, 0.25) is 0 Å². The van der Waals surface area contributed by atoms with Gasteiger partial charge in [0.15, 0.2) is 0 Å². The van der Waals surface area contributed by atoms with Gasteiger partial charge >= 0.3 is 0 Å². The monoisotopic (exact) mass is 227 g/mol. The first-order valence-electron chi connectivity index (χ1n) is 4.40. The van der Waals surface area contributed by atoms with Gasteiger partial charge in [-0.05, 0) is 19.4 Å². The molecule has 0 saturated carbocycles. The molecule has 0 spiro atoms. The average molecular weight is 227 g/mol. The van der Waals surface area contributed by atoms with Crippen LogP contribution >= 0.6 is 0 Å². The lowest BCUT2D eigenvalue weighted by molar-refractivity contribution is 0.201. The largest absolute Gasteiger partial charge is 0.396 e. The van der Waals surface area contributed by atoms with Gasteiger partial charge in [0.1, 0.15) is 0 Å². The van der Waals surface area contributed by atoms with Crippen LogP contribution in [-0.4, -0.2) is 54.7 Å². The van der Waals surface area contributed by atoms with Crippen molar-refractivity contribution in [3.8, 4) is 0 Å². The predicted molar refractivity (Wildman–Crippen MR) is 51.6 cm³/mol. The van der Waals surface area contributed by atoms with E-state index in [1.165, 1.54) is 0 Å². The second kappa shape index (κ2) is 7.13. The minimum Gasteiger partial charge on any atom is -0.396 e. The molecule has 0 saturated heterocycles. The van der Waals surface area contributed by atoms with Gasteiger partial charge in [-0.2, -0.15) is 8.42 Å². The van der Waals surface area contributed by atoms with Crippen molar-refractivity contribution in [3.05, 3.63) is 0 Å². The molecule has 1 unspecified atom stereocenters. The molecule has 0 aliphatic heterocycles. The van der Waals surface area contributed by atoms with Gasteiger partial charge in [0, 0.05) is 12.6 Å². The maximum atomic E-state index is 10.3. The van der Waals surface area contributed by atoms with E-state index in [9.17, 15) is 8.42 Å². The van der Waals surface area contributed by atoms with Crippen molar-refractivity contribution in [2.24, 2.45) is 0 Å². The zero-order valence-electron chi connectivity index (χ0n) is 7.89. The fourth-order valence-corrected chi connectivity index (χ4v) is 1.48. The number of aliphatic hydroxyl groups excluding tert-OH is 2. The van der Waals surface area contributed by atoms with Gasteiger partial charge in [-0.1, -0.05) is 0 Å². The highest BCUT2D eigenvalue weighted by atomic mass is 32.2. The molecule has 6 nitrogen and oxygen atoms in total. The van der Waals surface area contributed by atoms with E-state index in [-0.39, 0.29) is 31.4 Å². The number of rotatable bonds is 8. The highest BCUT2D eigenvalue weighted by molar-refractivity contribution is 7.85. The van der Waals surface area contributed by atoms with E-state index in [1.807, 2.05) is 0 Å². The quantitative estimate of drug-likeness (QED) is 0.300. The number of hydrogen-bond acceptors (Lipinski definition) is 5. The summed E-state index contributed by atoms with van der Waals surface area (Å²) in [4.78, 5) is 0. The fraction of sp³-hybridized carbons (Fsp3) is 1.00. The van der Waals surface area contributed by atoms with Crippen molar-refractivity contribution >= 4 is 10.1 Å². The SMILES string of the molecule is O=S(=O)(O)CCCNC(CO)CCO. The van der Waals surface area contributed by atoms with E-state index < -0.39 is 10.1 Å². The summed E-state index contributed by atoms with van der Waals surface area (Å²) >= 11 is 0. The summed E-state index contributed by atoms with van der Waals surface area (Å²) in [6, 6.07) is -0.221. The van der Waals surface area contributed by atoms with Crippen LogP contribution in [0.1, 0.15) is 12.8 Å². The van der Waals surface area contributed by atoms with Crippen LogP contribution in [0.2, 0.25) is 0 Å². The highest BCUT2D eigenvalue weighted by Crippen LogP contribution is 1.91. The number of aliphatic hydroxyl groups is 2. The van der Waals surface area contributed by atoms with Gasteiger partial charge in [-0.15, -0.1) is 0 Å². The summed E-state index contributed by atoms with van der Waals surface area (Å²) in [6.07, 6.45) is 0.698. The molecule has 0 fully saturated rings. The van der Waals surface area contributed by atoms with Crippen molar-refractivity contribution < 1.29 is 23.2 Å². The number of nitrogens with one attached hydrogen (secondary N) is 1. The van der Waals surface area contributed by atoms with Crippen LogP contribution < -0.4 is 5.32 Å². The highest BCUT2D eigenvalue weighted by Gasteiger charge is 2.07. The Bertz CT molecular complexity index is 228. The van der Waals surface area contributed by atoms with Crippen LogP contribution in [0.5, 0.6) is 0 Å². The third-order valence-corrected chi connectivity index (χ3v) is 2.51. The van der Waals surface area contributed by atoms with Gasteiger partial charge in [-0.25, -0.2) is 0 Å². The van der Waals surface area contributed by atoms with E-state index in [1.54, 1.807) is 0 Å². The lowest BCUT2D eigenvalue weighted by atomic mass is 10.2. The Labute approximate surface area is 83.7 Å². The molecule has 0 aromatic carbocycles. The van der Waals surface area contributed by atoms with E-state index in [0.29, 0.717) is 13.0 Å². The second-order valence-corrected chi connectivity index (χ2v) is 4.56. The Morgan fingerprint density at radius 3 is 2.36 bits per heavy atom. The lowest BCUT2D eigenvalue weighted by Crippen LogP contribution is -2.34. The van der Waals surface area contributed by atoms with Crippen LogP contribution in [-0.2, 0) is 10.1 Å². The summed E-state index contributed by atoms with van der Waals surface area (Å²) in [7, 11) is -3.89. The smallest absolute Gasteiger partial charge is 0.264 e. The van der Waals surface area contributed by atoms with E-state index >= 15 is 0 Å². The molecule has 0 aliphatic carbocycles. The third kappa shape index (κ3) is 8.39. The van der Waals surface area contributed by atoms with Crippen molar-refractivity contribution in [1.82, 2.24) is 5.32 Å². The standard InChI is InChI=1S/C7H17NO5S/c9-4-2-7(6-10)8-3-1-5-14(11,12)13/h7-10H,1-6H2,(H,11,12,13). The molecule has 0 radical (unpaired) electrons. The molecule has 0 heterocycles. The summed E-state index contributed by atoms with van der Waals surface area (Å²) < 4.78 is 29.0. The van der Waals surface area contributed by atoms with E-state index in [4.69, 9.17) is 14.8 Å². The molecular weight excluding hydrogens is 210 g/mol. The van der Waals surface area contributed by atoms with Gasteiger partial charge in [0.25, 0.3) is 10.1 Å². The molecule has 7 heteroatoms. The normalized spacial score (nSPS) is 14.2. The average Bonchev–Trinajstić information content (AvgIpc) is 2.08. The molecule has 0 amide bonds. The molecule has 0 aromatic heterocycles. The van der Waals surface area contributed by atoms with Gasteiger partial charge < -0.3 is 15.5 Å². The minimum atomic E-state index is -3.89. The van der Waals surface area contributed by atoms with Crippen LogP contribution in [0.3, 0.4) is 0 Å². The Morgan fingerprint density at radius 1 is 1.29 bits per heavy atom. The van der Waals surface area contributed by atoms with Crippen molar-refractivity contribution in [1.29, 1.82) is 0 Å². The third-order valence-electron chi connectivity index (χ3n) is 1.71. The Morgan fingerprint density at radius 2 is 1.93 bits per heavy atom. The molecule has 0 aliphatic rings. The topological polar surface area (TPSA) is 107 Å². The number of hydrogen-bond donors (Lipinski definition) is 4. The molecule has 4 N–H and O–H groups in total. The maximum Gasteiger partial charge on any atom is 0.264 e. The maximum absolute atomic E-state index is 10.3. The minimum absolute atomic E-state index is 0.0312. The zero-order valence-corrected chi connectivity index (χ0v) is 8.70. The molecule has 86 valence electrons. The first-order valence-corrected chi connectivity index (χ1v) is 6.00. The fourth-order valence-electron chi connectivity index (χ4n) is 0.974. The van der Waals surface area contributed by atoms with Crippen molar-refractivity contribution in [2.75, 3.05) is 25.5 Å². The lowest BCUT2D eigenvalue weighted by Gasteiger charge is -2.14. The first kappa shape index (κ1) is 13.8. The molecule has 0 bridgehead atoms. The zero-order chi connectivity index (χ0) is 11.0. The van der Waals surface area contributed by atoms with Crippen LogP contribution in [0.15, 0.2) is 0 Å². The molecular formula is C7H17NO5S. The second-order valence-electron chi connectivity index (χ2n) is 2.99.